The molecule has 1 aliphatic rings. The minimum atomic E-state index is 0.663. The highest BCUT2D eigenvalue weighted by atomic mass is 32.2. The summed E-state index contributed by atoms with van der Waals surface area (Å²) in [5.74, 6) is 1.19. The molecule has 0 bridgehead atoms. The fraction of sp³-hybridized carbons (Fsp3) is 0.875. The predicted octanol–water partition coefficient (Wildman–Crippen LogP) is 1.87. The average Bonchev–Trinajstić information content (AvgIpc) is 2.48. The lowest BCUT2D eigenvalue weighted by Gasteiger charge is -2.03. The first-order valence-corrected chi connectivity index (χ1v) is 5.29. The van der Waals surface area contributed by atoms with E-state index >= 15 is 0 Å². The Balaban J connectivity index is 2.28. The van der Waals surface area contributed by atoms with Crippen molar-refractivity contribution in [1.29, 1.82) is 0 Å². The lowest BCUT2D eigenvalue weighted by Crippen LogP contribution is -2.25. The first kappa shape index (κ1) is 8.91. The molecule has 1 atom stereocenters. The quantitative estimate of drug-likeness (QED) is 0.703. The lowest BCUT2D eigenvalue weighted by molar-refractivity contribution is 0.666. The summed E-state index contributed by atoms with van der Waals surface area (Å²) in [6, 6.07) is 0.663. The largest absolute Gasteiger partial charge is 0.361 e. The molecule has 3 heteroatoms. The van der Waals surface area contributed by atoms with Gasteiger partial charge in [0, 0.05) is 18.3 Å². The van der Waals surface area contributed by atoms with E-state index in [1.165, 1.54) is 12.2 Å². The summed E-state index contributed by atoms with van der Waals surface area (Å²) >= 11 is 1.85. The van der Waals surface area contributed by atoms with Gasteiger partial charge in [-0.3, -0.25) is 4.99 Å². The molecule has 11 heavy (non-hydrogen) atoms. The fourth-order valence-corrected chi connectivity index (χ4v) is 2.07. The van der Waals surface area contributed by atoms with Crippen LogP contribution in [0, 0.1) is 0 Å². The van der Waals surface area contributed by atoms with Crippen molar-refractivity contribution < 1.29 is 0 Å². The molecular formula is C8H16N2S. The van der Waals surface area contributed by atoms with Gasteiger partial charge in [0.05, 0.1) is 0 Å². The molecule has 64 valence electrons. The molecular weight excluding hydrogens is 156 g/mol. The van der Waals surface area contributed by atoms with Crippen LogP contribution in [0.15, 0.2) is 4.99 Å². The van der Waals surface area contributed by atoms with Crippen LogP contribution in [0.2, 0.25) is 0 Å². The van der Waals surface area contributed by atoms with Gasteiger partial charge in [-0.05, 0) is 12.8 Å². The van der Waals surface area contributed by atoms with E-state index in [0.717, 1.165) is 18.1 Å². The standard InChI is InChI=1S/C8H16N2S/c1-3-5-9-8-10-7(4-2)6-11-8/h7H,3-6H2,1-2H3,(H,9,10). The highest BCUT2D eigenvalue weighted by Crippen LogP contribution is 2.15. The number of nitrogens with zero attached hydrogens (tertiary/aromatic N) is 1. The van der Waals surface area contributed by atoms with E-state index in [1.54, 1.807) is 0 Å². The van der Waals surface area contributed by atoms with Crippen LogP contribution in [-0.2, 0) is 0 Å². The maximum atomic E-state index is 4.41. The van der Waals surface area contributed by atoms with Crippen LogP contribution >= 0.6 is 11.8 Å². The molecule has 2 nitrogen and oxygen atoms in total. The van der Waals surface area contributed by atoms with E-state index in [1.807, 2.05) is 11.8 Å². The van der Waals surface area contributed by atoms with Crippen LogP contribution in [-0.4, -0.2) is 23.5 Å². The smallest absolute Gasteiger partial charge is 0.156 e. The van der Waals surface area contributed by atoms with Crippen molar-refractivity contribution >= 4 is 16.9 Å². The molecule has 0 aliphatic carbocycles. The van der Waals surface area contributed by atoms with Gasteiger partial charge in [0.2, 0.25) is 0 Å². The monoisotopic (exact) mass is 172 g/mol. The summed E-state index contributed by atoms with van der Waals surface area (Å²) in [6.45, 7) is 5.33. The van der Waals surface area contributed by atoms with Gasteiger partial charge in [-0.15, -0.1) is 0 Å². The average molecular weight is 172 g/mol. The lowest BCUT2D eigenvalue weighted by atomic mass is 10.3. The number of thioether (sulfide) groups is 1. The van der Waals surface area contributed by atoms with Crippen molar-refractivity contribution in [2.45, 2.75) is 32.7 Å². The first-order chi connectivity index (χ1) is 5.36. The third-order valence-electron chi connectivity index (χ3n) is 1.72. The molecule has 1 saturated heterocycles. The van der Waals surface area contributed by atoms with E-state index in [9.17, 15) is 0 Å². The number of hydrogen-bond donors (Lipinski definition) is 1. The van der Waals surface area contributed by atoms with E-state index in [2.05, 4.69) is 24.2 Å². The molecule has 1 N–H and O–H groups in total. The molecule has 1 heterocycles. The molecule has 0 saturated carbocycles. The molecule has 1 aliphatic heterocycles. The number of nitrogens with one attached hydrogen (secondary N) is 1. The van der Waals surface area contributed by atoms with Crippen molar-refractivity contribution in [1.82, 2.24) is 5.32 Å². The minimum absolute atomic E-state index is 0.663. The van der Waals surface area contributed by atoms with Crippen LogP contribution in [0.5, 0.6) is 0 Å². The SMILES string of the molecule is CCCN=C1NC(CC)CS1. The van der Waals surface area contributed by atoms with E-state index in [-0.39, 0.29) is 0 Å². The van der Waals surface area contributed by atoms with Gasteiger partial charge in [-0.2, -0.15) is 0 Å². The second kappa shape index (κ2) is 4.65. The zero-order valence-electron chi connectivity index (χ0n) is 7.26. The molecule has 0 amide bonds. The number of rotatable bonds is 3. The maximum Gasteiger partial charge on any atom is 0.156 e. The van der Waals surface area contributed by atoms with Crippen molar-refractivity contribution in [3.63, 3.8) is 0 Å². The molecule has 1 rings (SSSR count). The molecule has 0 spiro atoms. The topological polar surface area (TPSA) is 24.4 Å². The molecule has 1 unspecified atom stereocenters. The van der Waals surface area contributed by atoms with Crippen molar-refractivity contribution in [2.24, 2.45) is 4.99 Å². The molecule has 0 radical (unpaired) electrons. The van der Waals surface area contributed by atoms with Crippen LogP contribution in [0.1, 0.15) is 26.7 Å². The zero-order valence-corrected chi connectivity index (χ0v) is 8.08. The van der Waals surface area contributed by atoms with Crippen LogP contribution in [0.4, 0.5) is 0 Å². The summed E-state index contributed by atoms with van der Waals surface area (Å²) in [5.41, 5.74) is 0. The predicted molar refractivity (Wildman–Crippen MR) is 52.3 cm³/mol. The summed E-state index contributed by atoms with van der Waals surface area (Å²) in [4.78, 5) is 4.41. The number of hydrogen-bond acceptors (Lipinski definition) is 2. The minimum Gasteiger partial charge on any atom is -0.361 e. The summed E-state index contributed by atoms with van der Waals surface area (Å²) in [7, 11) is 0. The summed E-state index contributed by atoms with van der Waals surface area (Å²) < 4.78 is 0. The van der Waals surface area contributed by atoms with Gasteiger partial charge in [0.25, 0.3) is 0 Å². The summed E-state index contributed by atoms with van der Waals surface area (Å²) in [6.07, 6.45) is 2.35. The Morgan fingerprint density at radius 3 is 3.00 bits per heavy atom. The van der Waals surface area contributed by atoms with E-state index in [4.69, 9.17) is 0 Å². The Kier molecular flexibility index (Phi) is 3.77. The van der Waals surface area contributed by atoms with Crippen molar-refractivity contribution in [2.75, 3.05) is 12.3 Å². The van der Waals surface area contributed by atoms with Crippen molar-refractivity contribution in [3.05, 3.63) is 0 Å². The van der Waals surface area contributed by atoms with Gasteiger partial charge in [0.15, 0.2) is 5.17 Å². The van der Waals surface area contributed by atoms with Gasteiger partial charge < -0.3 is 5.32 Å². The Morgan fingerprint density at radius 2 is 2.45 bits per heavy atom. The zero-order chi connectivity index (χ0) is 8.10. The first-order valence-electron chi connectivity index (χ1n) is 4.30. The maximum absolute atomic E-state index is 4.41. The van der Waals surface area contributed by atoms with Crippen LogP contribution < -0.4 is 5.32 Å². The second-order valence-corrected chi connectivity index (χ2v) is 3.76. The fourth-order valence-electron chi connectivity index (χ4n) is 0.962. The van der Waals surface area contributed by atoms with E-state index in [0.29, 0.717) is 6.04 Å². The van der Waals surface area contributed by atoms with Gasteiger partial charge in [-0.25, -0.2) is 0 Å². The highest BCUT2D eigenvalue weighted by Gasteiger charge is 2.17. The Hall–Kier alpha value is -0.180. The molecule has 0 aromatic rings. The molecule has 1 fully saturated rings. The Bertz CT molecular complexity index is 145. The third kappa shape index (κ3) is 2.73. The number of amidine groups is 1. The normalized spacial score (nSPS) is 27.5. The second-order valence-electron chi connectivity index (χ2n) is 2.75. The van der Waals surface area contributed by atoms with E-state index < -0.39 is 0 Å². The third-order valence-corrected chi connectivity index (χ3v) is 2.81. The summed E-state index contributed by atoms with van der Waals surface area (Å²) in [5, 5.41) is 4.54. The molecule has 0 aromatic carbocycles. The van der Waals surface area contributed by atoms with Crippen LogP contribution in [0.25, 0.3) is 0 Å². The Morgan fingerprint density at radius 1 is 1.64 bits per heavy atom. The number of aliphatic imine (C=N–C) groups is 1. The Labute approximate surface area is 72.9 Å². The van der Waals surface area contributed by atoms with Crippen molar-refractivity contribution in [3.8, 4) is 0 Å². The van der Waals surface area contributed by atoms with Gasteiger partial charge >= 0.3 is 0 Å². The van der Waals surface area contributed by atoms with Crippen LogP contribution in [0.3, 0.4) is 0 Å². The van der Waals surface area contributed by atoms with Gasteiger partial charge in [-0.1, -0.05) is 25.6 Å². The molecule has 0 aromatic heterocycles. The van der Waals surface area contributed by atoms with Gasteiger partial charge in [0.1, 0.15) is 0 Å². The highest BCUT2D eigenvalue weighted by molar-refractivity contribution is 8.14.